The monoisotopic (exact) mass is 268 g/mol. The Labute approximate surface area is 114 Å². The van der Waals surface area contributed by atoms with Crippen molar-refractivity contribution < 1.29 is 4.74 Å². The molecule has 1 aromatic heterocycles. The van der Waals surface area contributed by atoms with E-state index in [0.717, 1.165) is 13.0 Å². The van der Waals surface area contributed by atoms with E-state index in [1.165, 1.54) is 32.1 Å². The Balaban J connectivity index is 2.01. The van der Waals surface area contributed by atoms with Gasteiger partial charge in [-0.15, -0.1) is 0 Å². The molecule has 0 atom stereocenters. The summed E-state index contributed by atoms with van der Waals surface area (Å²) in [4.78, 5) is 11.5. The summed E-state index contributed by atoms with van der Waals surface area (Å²) in [6.45, 7) is 3.29. The predicted molar refractivity (Wildman–Crippen MR) is 76.5 cm³/mol. The van der Waals surface area contributed by atoms with Crippen molar-refractivity contribution in [3.05, 3.63) is 0 Å². The number of aromatic nitrogens is 3. The van der Waals surface area contributed by atoms with Crippen molar-refractivity contribution in [3.63, 3.8) is 0 Å². The number of nitrogens with one attached hydrogen (secondary N) is 1. The number of rotatable bonds is 10. The van der Waals surface area contributed by atoms with E-state index < -0.39 is 0 Å². The predicted octanol–water partition coefficient (Wildman–Crippen LogP) is 1.78. The van der Waals surface area contributed by atoms with Crippen LogP contribution in [0.1, 0.15) is 45.4 Å². The van der Waals surface area contributed by atoms with Gasteiger partial charge in [0, 0.05) is 6.61 Å². The van der Waals surface area contributed by atoms with Crippen LogP contribution in [0.15, 0.2) is 0 Å². The molecule has 0 spiro atoms. The van der Waals surface area contributed by atoms with E-state index in [2.05, 4.69) is 27.2 Å². The number of anilines is 3. The van der Waals surface area contributed by atoms with Crippen LogP contribution in [0.2, 0.25) is 0 Å². The quantitative estimate of drug-likeness (QED) is 0.438. The molecule has 0 radical (unpaired) electrons. The van der Waals surface area contributed by atoms with Gasteiger partial charge < -0.3 is 21.5 Å². The maximum absolute atomic E-state index is 5.45. The Kier molecular flexibility index (Phi) is 7.57. The standard InChI is InChI=1S/C12H24N6O/c1-2-3-4-5-6-7-8-19-9-15-12-17-10(13)16-11(14)18-12/h2-9H2,1H3,(H5,13,14,15,16,17,18). The summed E-state index contributed by atoms with van der Waals surface area (Å²) < 4.78 is 5.43. The molecule has 0 aliphatic carbocycles. The van der Waals surface area contributed by atoms with Crippen LogP contribution in [0.4, 0.5) is 17.8 Å². The van der Waals surface area contributed by atoms with Gasteiger partial charge in [0.2, 0.25) is 17.8 Å². The number of ether oxygens (including phenoxy) is 1. The summed E-state index contributed by atoms with van der Waals surface area (Å²) in [5.74, 6) is 0.546. The van der Waals surface area contributed by atoms with Gasteiger partial charge in [0.05, 0.1) is 0 Å². The molecule has 1 aromatic rings. The zero-order chi connectivity index (χ0) is 13.9. The van der Waals surface area contributed by atoms with Crippen LogP contribution in [0.25, 0.3) is 0 Å². The van der Waals surface area contributed by atoms with Crippen molar-refractivity contribution in [3.8, 4) is 0 Å². The Morgan fingerprint density at radius 3 is 2.26 bits per heavy atom. The average molecular weight is 268 g/mol. The van der Waals surface area contributed by atoms with Gasteiger partial charge in [-0.2, -0.15) is 15.0 Å². The van der Waals surface area contributed by atoms with E-state index in [1.54, 1.807) is 0 Å². The summed E-state index contributed by atoms with van der Waals surface area (Å²) in [7, 11) is 0. The molecule has 7 heteroatoms. The summed E-state index contributed by atoms with van der Waals surface area (Å²) >= 11 is 0. The van der Waals surface area contributed by atoms with Crippen LogP contribution < -0.4 is 16.8 Å². The lowest BCUT2D eigenvalue weighted by Gasteiger charge is -2.06. The molecule has 5 N–H and O–H groups in total. The highest BCUT2D eigenvalue weighted by molar-refractivity contribution is 5.36. The van der Waals surface area contributed by atoms with E-state index in [0.29, 0.717) is 12.7 Å². The number of nitrogens with zero attached hydrogens (tertiary/aromatic N) is 3. The molecule has 7 nitrogen and oxygen atoms in total. The minimum atomic E-state index is 0.103. The molecule has 0 amide bonds. The molecular formula is C12H24N6O. The average Bonchev–Trinajstić information content (AvgIpc) is 2.36. The van der Waals surface area contributed by atoms with E-state index in [1.807, 2.05) is 0 Å². The zero-order valence-corrected chi connectivity index (χ0v) is 11.6. The molecule has 0 saturated carbocycles. The molecule has 0 bridgehead atoms. The highest BCUT2D eigenvalue weighted by Crippen LogP contribution is 2.05. The van der Waals surface area contributed by atoms with Gasteiger partial charge in [-0.05, 0) is 6.42 Å². The molecule has 0 saturated heterocycles. The zero-order valence-electron chi connectivity index (χ0n) is 11.6. The number of unbranched alkanes of at least 4 members (excludes halogenated alkanes) is 5. The lowest BCUT2D eigenvalue weighted by molar-refractivity contribution is 0.147. The minimum Gasteiger partial charge on any atom is -0.368 e. The fourth-order valence-corrected chi connectivity index (χ4v) is 1.66. The third kappa shape index (κ3) is 7.40. The van der Waals surface area contributed by atoms with Crippen LogP contribution >= 0.6 is 0 Å². The fraction of sp³-hybridized carbons (Fsp3) is 0.750. The van der Waals surface area contributed by atoms with Crippen LogP contribution in [0, 0.1) is 0 Å². The van der Waals surface area contributed by atoms with Crippen LogP contribution in [0.5, 0.6) is 0 Å². The molecule has 0 aromatic carbocycles. The van der Waals surface area contributed by atoms with Crippen LogP contribution in [0.3, 0.4) is 0 Å². The second-order valence-corrected chi connectivity index (χ2v) is 4.37. The van der Waals surface area contributed by atoms with Gasteiger partial charge in [0.1, 0.15) is 6.73 Å². The van der Waals surface area contributed by atoms with Gasteiger partial charge in [-0.3, -0.25) is 0 Å². The maximum Gasteiger partial charge on any atom is 0.231 e. The highest BCUT2D eigenvalue weighted by Gasteiger charge is 2.00. The lowest BCUT2D eigenvalue weighted by atomic mass is 10.1. The molecular weight excluding hydrogens is 244 g/mol. The maximum atomic E-state index is 5.45. The first-order valence-electron chi connectivity index (χ1n) is 6.81. The van der Waals surface area contributed by atoms with Crippen molar-refractivity contribution in [1.82, 2.24) is 15.0 Å². The lowest BCUT2D eigenvalue weighted by Crippen LogP contribution is -2.12. The summed E-state index contributed by atoms with van der Waals surface area (Å²) in [6.07, 6.45) is 7.49. The Morgan fingerprint density at radius 1 is 0.947 bits per heavy atom. The molecule has 108 valence electrons. The Morgan fingerprint density at radius 2 is 1.58 bits per heavy atom. The molecule has 19 heavy (non-hydrogen) atoms. The third-order valence-electron chi connectivity index (χ3n) is 2.64. The summed E-state index contributed by atoms with van der Waals surface area (Å²) in [5, 5.41) is 2.89. The molecule has 1 heterocycles. The minimum absolute atomic E-state index is 0.103. The molecule has 0 unspecified atom stereocenters. The van der Waals surface area contributed by atoms with E-state index in [-0.39, 0.29) is 11.9 Å². The molecule has 1 rings (SSSR count). The first-order valence-corrected chi connectivity index (χ1v) is 6.81. The fourth-order valence-electron chi connectivity index (χ4n) is 1.66. The van der Waals surface area contributed by atoms with Gasteiger partial charge in [-0.25, -0.2) is 0 Å². The number of nitrogens with two attached hydrogens (primary N) is 2. The van der Waals surface area contributed by atoms with Crippen LogP contribution in [-0.2, 0) is 4.74 Å². The van der Waals surface area contributed by atoms with Gasteiger partial charge in [-0.1, -0.05) is 39.0 Å². The number of hydrogen-bond donors (Lipinski definition) is 3. The van der Waals surface area contributed by atoms with Gasteiger partial charge in [0.25, 0.3) is 0 Å². The van der Waals surface area contributed by atoms with E-state index in [9.17, 15) is 0 Å². The van der Waals surface area contributed by atoms with Crippen molar-refractivity contribution in [2.75, 3.05) is 30.1 Å². The normalized spacial score (nSPS) is 10.6. The van der Waals surface area contributed by atoms with Crippen molar-refractivity contribution in [2.24, 2.45) is 0 Å². The Hall–Kier alpha value is -1.63. The smallest absolute Gasteiger partial charge is 0.231 e. The second-order valence-electron chi connectivity index (χ2n) is 4.37. The van der Waals surface area contributed by atoms with E-state index >= 15 is 0 Å². The van der Waals surface area contributed by atoms with Crippen molar-refractivity contribution in [2.45, 2.75) is 45.4 Å². The van der Waals surface area contributed by atoms with Gasteiger partial charge in [0.15, 0.2) is 0 Å². The summed E-state index contributed by atoms with van der Waals surface area (Å²) in [5.41, 5.74) is 10.9. The van der Waals surface area contributed by atoms with Crippen molar-refractivity contribution >= 4 is 17.8 Å². The summed E-state index contributed by atoms with van der Waals surface area (Å²) in [6, 6.07) is 0. The Bertz CT molecular complexity index is 340. The largest absolute Gasteiger partial charge is 0.368 e. The molecule has 0 fully saturated rings. The molecule has 0 aliphatic rings. The topological polar surface area (TPSA) is 112 Å². The first-order chi connectivity index (χ1) is 9.22. The molecule has 0 aliphatic heterocycles. The number of hydrogen-bond acceptors (Lipinski definition) is 7. The highest BCUT2D eigenvalue weighted by atomic mass is 16.5. The van der Waals surface area contributed by atoms with Crippen molar-refractivity contribution in [1.29, 1.82) is 0 Å². The third-order valence-corrected chi connectivity index (χ3v) is 2.64. The SMILES string of the molecule is CCCCCCCCOCNc1nc(N)nc(N)n1. The second kappa shape index (κ2) is 9.32. The van der Waals surface area contributed by atoms with Gasteiger partial charge >= 0.3 is 0 Å². The van der Waals surface area contributed by atoms with E-state index in [4.69, 9.17) is 16.2 Å². The first kappa shape index (κ1) is 15.4. The number of nitrogen functional groups attached to an aromatic ring is 2. The van der Waals surface area contributed by atoms with Crippen LogP contribution in [-0.4, -0.2) is 28.3 Å².